The summed E-state index contributed by atoms with van der Waals surface area (Å²) >= 11 is 1.26. The number of fused-ring (bicyclic) bond motifs is 1. The summed E-state index contributed by atoms with van der Waals surface area (Å²) in [7, 11) is 0. The van der Waals surface area contributed by atoms with E-state index in [9.17, 15) is 14.0 Å². The van der Waals surface area contributed by atoms with Crippen LogP contribution in [-0.2, 0) is 9.53 Å². The van der Waals surface area contributed by atoms with Gasteiger partial charge in [-0.1, -0.05) is 53.3 Å². The minimum atomic E-state index is -0.740. The van der Waals surface area contributed by atoms with Gasteiger partial charge in [-0.3, -0.25) is 9.36 Å². The van der Waals surface area contributed by atoms with E-state index in [-0.39, 0.29) is 17.7 Å². The number of nitrogens with zero attached hydrogens (tertiary/aromatic N) is 2. The number of hydrogen-bond donors (Lipinski definition) is 0. The lowest BCUT2D eigenvalue weighted by atomic mass is 9.96. The first-order valence-electron chi connectivity index (χ1n) is 9.91. The third kappa shape index (κ3) is 4.01. The van der Waals surface area contributed by atoms with Crippen LogP contribution in [0.5, 0.6) is 0 Å². The van der Waals surface area contributed by atoms with Gasteiger partial charge in [0.1, 0.15) is 5.82 Å². The first kappa shape index (κ1) is 20.9. The van der Waals surface area contributed by atoms with E-state index in [1.54, 1.807) is 26.0 Å². The summed E-state index contributed by atoms with van der Waals surface area (Å²) < 4.78 is 20.8. The molecule has 0 fully saturated rings. The summed E-state index contributed by atoms with van der Waals surface area (Å²) in [6, 6.07) is 12.9. The molecule has 1 aromatic heterocycles. The summed E-state index contributed by atoms with van der Waals surface area (Å²) in [5, 5.41) is 0. The lowest BCUT2D eigenvalue weighted by molar-refractivity contribution is -0.139. The molecule has 0 spiro atoms. The summed E-state index contributed by atoms with van der Waals surface area (Å²) in [6.45, 7) is 5.64. The normalized spacial score (nSPS) is 16.1. The van der Waals surface area contributed by atoms with E-state index in [0.717, 1.165) is 11.1 Å². The van der Waals surface area contributed by atoms with Crippen LogP contribution >= 0.6 is 11.3 Å². The molecule has 0 amide bonds. The molecule has 1 atom stereocenters. The molecule has 2 heterocycles. The average Bonchev–Trinajstić information content (AvgIpc) is 3.04. The number of rotatable bonds is 4. The number of benzene rings is 2. The Hall–Kier alpha value is -3.32. The van der Waals surface area contributed by atoms with Crippen LogP contribution in [-0.4, -0.2) is 17.1 Å². The molecule has 2 aromatic carbocycles. The quantitative estimate of drug-likeness (QED) is 0.590. The van der Waals surface area contributed by atoms with Crippen LogP contribution < -0.4 is 14.9 Å². The Kier molecular flexibility index (Phi) is 5.69. The molecular weight excluding hydrogens is 415 g/mol. The van der Waals surface area contributed by atoms with E-state index in [0.29, 0.717) is 20.6 Å². The molecule has 0 saturated heterocycles. The van der Waals surface area contributed by atoms with Gasteiger partial charge in [-0.05, 0) is 50.1 Å². The average molecular weight is 437 g/mol. The van der Waals surface area contributed by atoms with Gasteiger partial charge in [-0.25, -0.2) is 14.2 Å². The lowest BCUT2D eigenvalue weighted by Gasteiger charge is -2.24. The highest BCUT2D eigenvalue weighted by Gasteiger charge is 2.33. The Bertz CT molecular complexity index is 1350. The van der Waals surface area contributed by atoms with E-state index < -0.39 is 17.8 Å². The van der Waals surface area contributed by atoms with Gasteiger partial charge < -0.3 is 4.74 Å². The Morgan fingerprint density at radius 2 is 1.84 bits per heavy atom. The smallest absolute Gasteiger partial charge is 0.338 e. The second-order valence-electron chi connectivity index (χ2n) is 7.26. The van der Waals surface area contributed by atoms with Crippen molar-refractivity contribution < 1.29 is 13.9 Å². The first-order valence-corrected chi connectivity index (χ1v) is 10.7. The standard InChI is InChI=1S/C24H21FN2O3S/c1-4-30-23(29)20-15(3)26-24-27(21(20)17-9-11-18(25)12-10-17)22(28)19(31-24)13-16-7-5-14(2)6-8-16/h5-13,21H,4H2,1-3H3/t21-/m0/s1. The number of ether oxygens (including phenoxy) is 1. The highest BCUT2D eigenvalue weighted by atomic mass is 32.1. The van der Waals surface area contributed by atoms with Crippen molar-refractivity contribution in [2.45, 2.75) is 26.8 Å². The third-order valence-corrected chi connectivity index (χ3v) is 6.06. The second-order valence-corrected chi connectivity index (χ2v) is 8.27. The molecule has 0 aliphatic carbocycles. The molecule has 0 unspecified atom stereocenters. The van der Waals surface area contributed by atoms with Crippen molar-refractivity contribution in [2.75, 3.05) is 6.61 Å². The molecule has 3 aromatic rings. The van der Waals surface area contributed by atoms with Gasteiger partial charge >= 0.3 is 5.97 Å². The highest BCUT2D eigenvalue weighted by Crippen LogP contribution is 2.30. The second kappa shape index (κ2) is 8.43. The van der Waals surface area contributed by atoms with Crippen molar-refractivity contribution in [2.24, 2.45) is 4.99 Å². The van der Waals surface area contributed by atoms with Crippen molar-refractivity contribution in [3.63, 3.8) is 0 Å². The molecule has 7 heteroatoms. The van der Waals surface area contributed by atoms with Crippen molar-refractivity contribution in [3.8, 4) is 0 Å². The topological polar surface area (TPSA) is 60.7 Å². The van der Waals surface area contributed by atoms with Gasteiger partial charge in [0, 0.05) is 0 Å². The maximum absolute atomic E-state index is 13.6. The molecular formula is C24H21FN2O3S. The predicted octanol–water partition coefficient (Wildman–Crippen LogP) is 3.25. The van der Waals surface area contributed by atoms with E-state index in [1.807, 2.05) is 37.3 Å². The Morgan fingerprint density at radius 3 is 2.48 bits per heavy atom. The fraction of sp³-hybridized carbons (Fsp3) is 0.208. The van der Waals surface area contributed by atoms with Gasteiger partial charge in [-0.15, -0.1) is 0 Å². The number of halogens is 1. The zero-order chi connectivity index (χ0) is 22.1. The predicted molar refractivity (Wildman–Crippen MR) is 118 cm³/mol. The molecule has 1 aliphatic rings. The lowest BCUT2D eigenvalue weighted by Crippen LogP contribution is -2.39. The largest absolute Gasteiger partial charge is 0.463 e. The van der Waals surface area contributed by atoms with Crippen molar-refractivity contribution in [1.29, 1.82) is 0 Å². The number of carbonyl (C=O) groups is 1. The number of hydrogen-bond acceptors (Lipinski definition) is 5. The third-order valence-electron chi connectivity index (χ3n) is 5.08. The fourth-order valence-electron chi connectivity index (χ4n) is 3.57. The molecule has 0 N–H and O–H groups in total. The van der Waals surface area contributed by atoms with Crippen molar-refractivity contribution in [3.05, 3.63) is 102 Å². The number of carbonyl (C=O) groups excluding carboxylic acids is 1. The Balaban J connectivity index is 1.94. The van der Waals surface area contributed by atoms with E-state index in [1.165, 1.54) is 28.0 Å². The van der Waals surface area contributed by atoms with Crippen molar-refractivity contribution in [1.82, 2.24) is 4.57 Å². The van der Waals surface area contributed by atoms with Crippen LogP contribution in [0.2, 0.25) is 0 Å². The maximum Gasteiger partial charge on any atom is 0.338 e. The van der Waals surface area contributed by atoms with Crippen LogP contribution in [0.4, 0.5) is 4.39 Å². The van der Waals surface area contributed by atoms with Gasteiger partial charge in [0.15, 0.2) is 4.80 Å². The van der Waals surface area contributed by atoms with Gasteiger partial charge in [0.2, 0.25) is 0 Å². The van der Waals surface area contributed by atoms with E-state index >= 15 is 0 Å². The Labute approximate surface area is 182 Å². The number of esters is 1. The molecule has 0 bridgehead atoms. The van der Waals surface area contributed by atoms with Crippen LogP contribution in [0.25, 0.3) is 6.08 Å². The SMILES string of the molecule is CCOC(=O)C1=C(C)N=c2sc(=Cc3ccc(C)cc3)c(=O)n2[C@H]1c1ccc(F)cc1. The molecule has 31 heavy (non-hydrogen) atoms. The number of thiazole rings is 1. The minimum absolute atomic E-state index is 0.198. The highest BCUT2D eigenvalue weighted by molar-refractivity contribution is 7.07. The van der Waals surface area contributed by atoms with E-state index in [2.05, 4.69) is 4.99 Å². The van der Waals surface area contributed by atoms with Crippen molar-refractivity contribution >= 4 is 23.4 Å². The minimum Gasteiger partial charge on any atom is -0.463 e. The van der Waals surface area contributed by atoms with Gasteiger partial charge in [0.05, 0.1) is 28.5 Å². The molecule has 4 rings (SSSR count). The summed E-state index contributed by atoms with van der Waals surface area (Å²) in [5.41, 5.74) is 3.15. The number of aryl methyl sites for hydroxylation is 1. The molecule has 1 aliphatic heterocycles. The van der Waals surface area contributed by atoms with Gasteiger partial charge in [0.25, 0.3) is 5.56 Å². The van der Waals surface area contributed by atoms with Gasteiger partial charge in [-0.2, -0.15) is 0 Å². The zero-order valence-corrected chi connectivity index (χ0v) is 18.2. The maximum atomic E-state index is 13.6. The fourth-order valence-corrected chi connectivity index (χ4v) is 4.61. The number of aromatic nitrogens is 1. The Morgan fingerprint density at radius 1 is 1.16 bits per heavy atom. The molecule has 5 nitrogen and oxygen atoms in total. The monoisotopic (exact) mass is 436 g/mol. The summed E-state index contributed by atoms with van der Waals surface area (Å²) in [4.78, 5) is 31.2. The molecule has 0 saturated carbocycles. The van der Waals surface area contributed by atoms with Crippen LogP contribution in [0.3, 0.4) is 0 Å². The van der Waals surface area contributed by atoms with Crippen LogP contribution in [0.1, 0.15) is 36.6 Å². The first-order chi connectivity index (χ1) is 14.9. The molecule has 158 valence electrons. The number of allylic oxidation sites excluding steroid dienone is 1. The van der Waals surface area contributed by atoms with Crippen LogP contribution in [0.15, 0.2) is 69.6 Å². The van der Waals surface area contributed by atoms with E-state index in [4.69, 9.17) is 4.74 Å². The zero-order valence-electron chi connectivity index (χ0n) is 17.4. The van der Waals surface area contributed by atoms with Crippen LogP contribution in [0, 0.1) is 12.7 Å². The summed E-state index contributed by atoms with van der Waals surface area (Å²) in [5.74, 6) is -0.931. The molecule has 0 radical (unpaired) electrons. The summed E-state index contributed by atoms with van der Waals surface area (Å²) in [6.07, 6.45) is 1.81.